The third kappa shape index (κ3) is 3.75. The van der Waals surface area contributed by atoms with Gasteiger partial charge in [-0.25, -0.2) is 0 Å². The molecule has 5 nitrogen and oxygen atoms in total. The predicted octanol–water partition coefficient (Wildman–Crippen LogP) is 1.31. The first-order chi connectivity index (χ1) is 9.35. The minimum absolute atomic E-state index is 0.0790. The second kappa shape index (κ2) is 5.56. The predicted molar refractivity (Wildman–Crippen MR) is 61.3 cm³/mol. The molecule has 0 aromatic carbocycles. The van der Waals surface area contributed by atoms with Crippen molar-refractivity contribution >= 4 is 11.8 Å². The molecule has 1 aromatic rings. The topological polar surface area (TPSA) is 62.6 Å². The van der Waals surface area contributed by atoms with Gasteiger partial charge in [-0.15, -0.1) is 0 Å². The summed E-state index contributed by atoms with van der Waals surface area (Å²) < 4.78 is 41.1. The van der Waals surface area contributed by atoms with Gasteiger partial charge in [-0.05, 0) is 12.1 Å². The number of nitrogens with zero attached hydrogens (tertiary/aromatic N) is 1. The van der Waals surface area contributed by atoms with E-state index < -0.39 is 24.5 Å². The number of nitrogens with one attached hydrogen (secondary N) is 1. The standard InChI is InChI=1S/C12H13F3N2O3/c13-12(14,15)7-16-11(19)8-4-10(18)17(5-8)6-9-2-1-3-20-9/h1-3,8H,4-7H2,(H,16,19)/t8-/m0/s1. The minimum Gasteiger partial charge on any atom is -0.467 e. The summed E-state index contributed by atoms with van der Waals surface area (Å²) in [4.78, 5) is 24.7. The van der Waals surface area contributed by atoms with Gasteiger partial charge in [0, 0.05) is 13.0 Å². The van der Waals surface area contributed by atoms with Crippen molar-refractivity contribution in [1.82, 2.24) is 10.2 Å². The fourth-order valence-electron chi connectivity index (χ4n) is 2.02. The molecule has 1 atom stereocenters. The van der Waals surface area contributed by atoms with Crippen LogP contribution in [0.3, 0.4) is 0 Å². The van der Waals surface area contributed by atoms with Crippen LogP contribution in [-0.2, 0) is 16.1 Å². The lowest BCUT2D eigenvalue weighted by Crippen LogP contribution is -2.38. The van der Waals surface area contributed by atoms with E-state index in [1.165, 1.54) is 11.2 Å². The van der Waals surface area contributed by atoms with Crippen molar-refractivity contribution in [3.63, 3.8) is 0 Å². The van der Waals surface area contributed by atoms with Crippen LogP contribution in [0, 0.1) is 5.92 Å². The van der Waals surface area contributed by atoms with Crippen LogP contribution in [0.1, 0.15) is 12.2 Å². The van der Waals surface area contributed by atoms with Crippen LogP contribution in [0.5, 0.6) is 0 Å². The highest BCUT2D eigenvalue weighted by atomic mass is 19.4. The Morgan fingerprint density at radius 1 is 1.50 bits per heavy atom. The van der Waals surface area contributed by atoms with E-state index in [4.69, 9.17) is 4.42 Å². The van der Waals surface area contributed by atoms with Gasteiger partial charge >= 0.3 is 6.18 Å². The zero-order valence-electron chi connectivity index (χ0n) is 10.4. The molecule has 0 spiro atoms. The lowest BCUT2D eigenvalue weighted by Gasteiger charge is -2.15. The molecule has 1 aliphatic heterocycles. The van der Waals surface area contributed by atoms with Crippen LogP contribution in [0.2, 0.25) is 0 Å². The maximum atomic E-state index is 12.0. The number of carbonyl (C=O) groups is 2. The summed E-state index contributed by atoms with van der Waals surface area (Å²) in [5.41, 5.74) is 0. The van der Waals surface area contributed by atoms with Crippen LogP contribution in [0.4, 0.5) is 13.2 Å². The Kier molecular flexibility index (Phi) is 4.01. The Morgan fingerprint density at radius 3 is 2.85 bits per heavy atom. The molecule has 20 heavy (non-hydrogen) atoms. The molecule has 1 N–H and O–H groups in total. The van der Waals surface area contributed by atoms with Gasteiger partial charge in [-0.2, -0.15) is 13.2 Å². The quantitative estimate of drug-likeness (QED) is 0.909. The highest BCUT2D eigenvalue weighted by molar-refractivity contribution is 5.89. The fourth-order valence-corrected chi connectivity index (χ4v) is 2.02. The van der Waals surface area contributed by atoms with E-state index in [1.807, 2.05) is 0 Å². The highest BCUT2D eigenvalue weighted by Crippen LogP contribution is 2.21. The van der Waals surface area contributed by atoms with Crippen LogP contribution in [0.25, 0.3) is 0 Å². The van der Waals surface area contributed by atoms with Crippen molar-refractivity contribution < 1.29 is 27.2 Å². The second-order valence-corrected chi connectivity index (χ2v) is 4.59. The summed E-state index contributed by atoms with van der Waals surface area (Å²) in [7, 11) is 0. The molecule has 2 rings (SSSR count). The Balaban J connectivity index is 1.86. The molecule has 8 heteroatoms. The fraction of sp³-hybridized carbons (Fsp3) is 0.500. The van der Waals surface area contributed by atoms with Crippen LogP contribution in [0.15, 0.2) is 22.8 Å². The summed E-state index contributed by atoms with van der Waals surface area (Å²) in [6.45, 7) is -1.06. The molecule has 1 aliphatic rings. The summed E-state index contributed by atoms with van der Waals surface area (Å²) in [6.07, 6.45) is -3.07. The van der Waals surface area contributed by atoms with E-state index in [1.54, 1.807) is 17.4 Å². The Morgan fingerprint density at radius 2 is 2.25 bits per heavy atom. The zero-order valence-corrected chi connectivity index (χ0v) is 10.4. The molecule has 2 amide bonds. The molecule has 0 bridgehead atoms. The molecule has 0 radical (unpaired) electrons. The molecule has 1 fully saturated rings. The Labute approximate surface area is 112 Å². The number of alkyl halides is 3. The summed E-state index contributed by atoms with van der Waals surface area (Å²) in [5, 5.41) is 1.80. The lowest BCUT2D eigenvalue weighted by molar-refractivity contribution is -0.140. The number of carbonyl (C=O) groups excluding carboxylic acids is 2. The van der Waals surface area contributed by atoms with Crippen molar-refractivity contribution in [1.29, 1.82) is 0 Å². The van der Waals surface area contributed by atoms with E-state index in [0.717, 1.165) is 0 Å². The van der Waals surface area contributed by atoms with Crippen molar-refractivity contribution in [3.8, 4) is 0 Å². The maximum Gasteiger partial charge on any atom is 0.405 e. The van der Waals surface area contributed by atoms with E-state index >= 15 is 0 Å². The molecule has 0 unspecified atom stereocenters. The molecule has 110 valence electrons. The average Bonchev–Trinajstić information content (AvgIpc) is 2.97. The smallest absolute Gasteiger partial charge is 0.405 e. The minimum atomic E-state index is -4.45. The van der Waals surface area contributed by atoms with Crippen molar-refractivity contribution in [2.24, 2.45) is 5.92 Å². The molecule has 1 saturated heterocycles. The monoisotopic (exact) mass is 290 g/mol. The number of likely N-dealkylation sites (tertiary alicyclic amines) is 1. The maximum absolute atomic E-state index is 12.0. The Hall–Kier alpha value is -1.99. The number of amides is 2. The van der Waals surface area contributed by atoms with Crippen LogP contribution >= 0.6 is 0 Å². The van der Waals surface area contributed by atoms with Gasteiger partial charge in [0.25, 0.3) is 0 Å². The van der Waals surface area contributed by atoms with Gasteiger partial charge in [-0.3, -0.25) is 9.59 Å². The average molecular weight is 290 g/mol. The largest absolute Gasteiger partial charge is 0.467 e. The third-order valence-corrected chi connectivity index (χ3v) is 2.98. The number of hydrogen-bond acceptors (Lipinski definition) is 3. The number of furan rings is 1. The first kappa shape index (κ1) is 14.4. The molecule has 2 heterocycles. The first-order valence-corrected chi connectivity index (χ1v) is 6.00. The van der Waals surface area contributed by atoms with E-state index in [-0.39, 0.29) is 25.4 Å². The van der Waals surface area contributed by atoms with Gasteiger partial charge in [-0.1, -0.05) is 0 Å². The van der Waals surface area contributed by atoms with Gasteiger partial charge in [0.15, 0.2) is 0 Å². The number of hydrogen-bond donors (Lipinski definition) is 1. The van der Waals surface area contributed by atoms with Crippen LogP contribution < -0.4 is 5.32 Å². The van der Waals surface area contributed by atoms with E-state index in [9.17, 15) is 22.8 Å². The Bertz CT molecular complexity index is 485. The molecular formula is C12H13F3N2O3. The SMILES string of the molecule is O=C(NCC(F)(F)F)[C@H]1CC(=O)N(Cc2ccco2)C1. The third-order valence-electron chi connectivity index (χ3n) is 2.98. The number of rotatable bonds is 4. The van der Waals surface area contributed by atoms with Gasteiger partial charge in [0.1, 0.15) is 12.3 Å². The molecule has 0 saturated carbocycles. The molecular weight excluding hydrogens is 277 g/mol. The molecule has 1 aromatic heterocycles. The summed E-state index contributed by atoms with van der Waals surface area (Å²) >= 11 is 0. The van der Waals surface area contributed by atoms with Crippen molar-refractivity contribution in [3.05, 3.63) is 24.2 Å². The zero-order chi connectivity index (χ0) is 14.8. The summed E-state index contributed by atoms with van der Waals surface area (Å²) in [6, 6.07) is 3.35. The highest BCUT2D eigenvalue weighted by Gasteiger charge is 2.36. The first-order valence-electron chi connectivity index (χ1n) is 6.00. The lowest BCUT2D eigenvalue weighted by atomic mass is 10.1. The summed E-state index contributed by atoms with van der Waals surface area (Å²) in [5.74, 6) is -1.21. The van der Waals surface area contributed by atoms with Crippen molar-refractivity contribution in [2.45, 2.75) is 19.1 Å². The van der Waals surface area contributed by atoms with E-state index in [2.05, 4.69) is 0 Å². The van der Waals surface area contributed by atoms with E-state index in [0.29, 0.717) is 5.76 Å². The molecule has 0 aliphatic carbocycles. The normalized spacial score (nSPS) is 19.4. The van der Waals surface area contributed by atoms with Crippen molar-refractivity contribution in [2.75, 3.05) is 13.1 Å². The van der Waals surface area contributed by atoms with Gasteiger partial charge in [0.2, 0.25) is 11.8 Å². The van der Waals surface area contributed by atoms with Gasteiger partial charge < -0.3 is 14.6 Å². The second-order valence-electron chi connectivity index (χ2n) is 4.59. The van der Waals surface area contributed by atoms with Gasteiger partial charge in [0.05, 0.1) is 18.7 Å². The van der Waals surface area contributed by atoms with Crippen LogP contribution in [-0.4, -0.2) is 36.0 Å². The number of halogens is 3.